The summed E-state index contributed by atoms with van der Waals surface area (Å²) in [5.41, 5.74) is 3.51. The van der Waals surface area contributed by atoms with Crippen molar-refractivity contribution in [2.75, 3.05) is 12.0 Å². The molecule has 1 aliphatic heterocycles. The first-order chi connectivity index (χ1) is 15.4. The molecule has 1 N–H and O–H groups in total. The fourth-order valence-electron chi connectivity index (χ4n) is 4.07. The van der Waals surface area contributed by atoms with Crippen molar-refractivity contribution in [1.82, 2.24) is 0 Å². The molecule has 0 radical (unpaired) electrons. The number of ether oxygens (including phenoxy) is 1. The molecule has 1 aliphatic rings. The van der Waals surface area contributed by atoms with E-state index in [1.54, 1.807) is 24.5 Å². The lowest BCUT2D eigenvalue weighted by Crippen LogP contribution is -2.31. The van der Waals surface area contributed by atoms with Gasteiger partial charge in [-0.3, -0.25) is 14.5 Å². The SMILES string of the molecule is COc1ccccc1[C@H]1C(C(=O)CC(C)C)=C(O)C(=O)N1c1ccc(-c2ccsc2)cc1. The minimum atomic E-state index is -0.767. The molecule has 3 aromatic rings. The molecule has 0 fully saturated rings. The van der Waals surface area contributed by atoms with Crippen LogP contribution in [0, 0.1) is 5.92 Å². The summed E-state index contributed by atoms with van der Waals surface area (Å²) in [5.74, 6) is -0.672. The number of carbonyl (C=O) groups excluding carboxylic acids is 2. The van der Waals surface area contributed by atoms with E-state index in [1.165, 1.54) is 4.90 Å². The summed E-state index contributed by atoms with van der Waals surface area (Å²) in [6.45, 7) is 3.87. The molecule has 0 saturated carbocycles. The van der Waals surface area contributed by atoms with Crippen LogP contribution in [0.1, 0.15) is 31.9 Å². The standard InChI is InChI=1S/C26H25NO4S/c1-16(2)14-21(28)23-24(20-6-4-5-7-22(20)31-3)27(26(30)25(23)29)19-10-8-17(9-11-19)18-12-13-32-15-18/h4-13,15-16,24,29H,14H2,1-3H3/t24-/m0/s1. The summed E-state index contributed by atoms with van der Waals surface area (Å²) in [6.07, 6.45) is 0.239. The molecule has 0 spiro atoms. The van der Waals surface area contributed by atoms with Gasteiger partial charge in [-0.05, 0) is 52.1 Å². The van der Waals surface area contributed by atoms with Gasteiger partial charge in [0.25, 0.3) is 5.91 Å². The second-order valence-electron chi connectivity index (χ2n) is 8.16. The van der Waals surface area contributed by atoms with Crippen LogP contribution in [-0.4, -0.2) is 23.9 Å². The van der Waals surface area contributed by atoms with Crippen LogP contribution < -0.4 is 9.64 Å². The lowest BCUT2D eigenvalue weighted by Gasteiger charge is -2.28. The van der Waals surface area contributed by atoms with Crippen molar-refractivity contribution in [1.29, 1.82) is 0 Å². The Labute approximate surface area is 191 Å². The Balaban J connectivity index is 1.82. The molecule has 2 heterocycles. The molecule has 2 aromatic carbocycles. The van der Waals surface area contributed by atoms with E-state index in [2.05, 4.69) is 5.38 Å². The number of aliphatic hydroxyl groups is 1. The third-order valence-electron chi connectivity index (χ3n) is 5.54. The summed E-state index contributed by atoms with van der Waals surface area (Å²) in [4.78, 5) is 27.9. The van der Waals surface area contributed by atoms with Gasteiger partial charge in [0.2, 0.25) is 0 Å². The predicted octanol–water partition coefficient (Wildman–Crippen LogP) is 5.94. The first-order valence-corrected chi connectivity index (χ1v) is 11.4. The zero-order valence-electron chi connectivity index (χ0n) is 18.2. The second kappa shape index (κ2) is 9.01. The van der Waals surface area contributed by atoms with Gasteiger partial charge in [0, 0.05) is 17.7 Å². The number of ketones is 1. The summed E-state index contributed by atoms with van der Waals surface area (Å²) in [6, 6.07) is 16.1. The van der Waals surface area contributed by atoms with E-state index < -0.39 is 17.7 Å². The number of carbonyl (C=O) groups is 2. The fraction of sp³-hybridized carbons (Fsp3) is 0.231. The summed E-state index contributed by atoms with van der Waals surface area (Å²) in [7, 11) is 1.55. The van der Waals surface area contributed by atoms with Gasteiger partial charge < -0.3 is 9.84 Å². The topological polar surface area (TPSA) is 66.8 Å². The third kappa shape index (κ3) is 3.94. The first-order valence-electron chi connectivity index (χ1n) is 10.5. The van der Waals surface area contributed by atoms with Crippen molar-refractivity contribution in [3.05, 3.63) is 82.3 Å². The maximum atomic E-state index is 13.2. The first kappa shape index (κ1) is 21.8. The van der Waals surface area contributed by atoms with Crippen molar-refractivity contribution >= 4 is 28.7 Å². The van der Waals surface area contributed by atoms with Gasteiger partial charge in [0.15, 0.2) is 11.5 Å². The van der Waals surface area contributed by atoms with Crippen LogP contribution in [0.4, 0.5) is 5.69 Å². The van der Waals surface area contributed by atoms with E-state index in [9.17, 15) is 14.7 Å². The second-order valence-corrected chi connectivity index (χ2v) is 8.94. The average Bonchev–Trinajstić information content (AvgIpc) is 3.41. The average molecular weight is 448 g/mol. The number of aliphatic hydroxyl groups excluding tert-OH is 1. The Kier molecular flexibility index (Phi) is 6.15. The van der Waals surface area contributed by atoms with Gasteiger partial charge in [-0.2, -0.15) is 11.3 Å². The number of para-hydroxylation sites is 1. The monoisotopic (exact) mass is 447 g/mol. The number of Topliss-reactive ketones (excluding diaryl/α,β-unsaturated/α-hetero) is 1. The maximum absolute atomic E-state index is 13.2. The summed E-state index contributed by atoms with van der Waals surface area (Å²) in [5, 5.41) is 14.9. The van der Waals surface area contributed by atoms with Crippen LogP contribution in [-0.2, 0) is 9.59 Å². The Morgan fingerprint density at radius 2 is 1.81 bits per heavy atom. The van der Waals surface area contributed by atoms with E-state index in [1.807, 2.05) is 67.8 Å². The van der Waals surface area contributed by atoms with Crippen LogP contribution in [0.25, 0.3) is 11.1 Å². The quantitative estimate of drug-likeness (QED) is 0.487. The van der Waals surface area contributed by atoms with Gasteiger partial charge in [-0.15, -0.1) is 0 Å². The molecule has 0 unspecified atom stereocenters. The lowest BCUT2D eigenvalue weighted by molar-refractivity contribution is -0.118. The van der Waals surface area contributed by atoms with Crippen LogP contribution in [0.5, 0.6) is 5.75 Å². The van der Waals surface area contributed by atoms with Crippen LogP contribution in [0.2, 0.25) is 0 Å². The molecule has 0 bridgehead atoms. The molecule has 0 saturated heterocycles. The number of thiophene rings is 1. The number of benzene rings is 2. The molecule has 1 atom stereocenters. The summed E-state index contributed by atoms with van der Waals surface area (Å²) >= 11 is 1.62. The number of nitrogens with zero attached hydrogens (tertiary/aromatic N) is 1. The van der Waals surface area contributed by atoms with Gasteiger partial charge in [0.05, 0.1) is 18.7 Å². The Morgan fingerprint density at radius 1 is 1.09 bits per heavy atom. The van der Waals surface area contributed by atoms with Crippen LogP contribution in [0.15, 0.2) is 76.7 Å². The Bertz CT molecular complexity index is 1160. The van der Waals surface area contributed by atoms with E-state index in [0.717, 1.165) is 11.1 Å². The Hall–Kier alpha value is -3.38. The van der Waals surface area contributed by atoms with Gasteiger partial charge in [0.1, 0.15) is 5.75 Å². The van der Waals surface area contributed by atoms with Gasteiger partial charge in [-0.25, -0.2) is 0 Å². The molecule has 6 heteroatoms. The van der Waals surface area contributed by atoms with Crippen molar-refractivity contribution in [2.24, 2.45) is 5.92 Å². The number of methoxy groups -OCH3 is 1. The minimum Gasteiger partial charge on any atom is -0.503 e. The molecule has 4 rings (SSSR count). The zero-order chi connectivity index (χ0) is 22.8. The Morgan fingerprint density at radius 3 is 2.44 bits per heavy atom. The van der Waals surface area contributed by atoms with Gasteiger partial charge >= 0.3 is 0 Å². The number of hydrogen-bond donors (Lipinski definition) is 1. The molecule has 1 amide bonds. The van der Waals surface area contributed by atoms with E-state index in [0.29, 0.717) is 17.0 Å². The normalized spacial score (nSPS) is 16.2. The van der Waals surface area contributed by atoms with Crippen molar-refractivity contribution < 1.29 is 19.4 Å². The molecule has 32 heavy (non-hydrogen) atoms. The highest BCUT2D eigenvalue weighted by Gasteiger charge is 2.45. The van der Waals surface area contributed by atoms with E-state index >= 15 is 0 Å². The number of rotatable bonds is 7. The zero-order valence-corrected chi connectivity index (χ0v) is 19.1. The molecule has 1 aromatic heterocycles. The smallest absolute Gasteiger partial charge is 0.294 e. The number of amides is 1. The fourth-order valence-corrected chi connectivity index (χ4v) is 4.73. The number of anilines is 1. The molecule has 5 nitrogen and oxygen atoms in total. The maximum Gasteiger partial charge on any atom is 0.294 e. The van der Waals surface area contributed by atoms with Crippen molar-refractivity contribution in [3.8, 4) is 16.9 Å². The lowest BCUT2D eigenvalue weighted by atomic mass is 9.91. The van der Waals surface area contributed by atoms with Crippen molar-refractivity contribution in [3.63, 3.8) is 0 Å². The van der Waals surface area contributed by atoms with Crippen LogP contribution >= 0.6 is 11.3 Å². The minimum absolute atomic E-state index is 0.0927. The number of hydrogen-bond acceptors (Lipinski definition) is 5. The van der Waals surface area contributed by atoms with E-state index in [-0.39, 0.29) is 23.7 Å². The predicted molar refractivity (Wildman–Crippen MR) is 127 cm³/mol. The molecule has 164 valence electrons. The highest BCUT2D eigenvalue weighted by molar-refractivity contribution is 7.08. The third-order valence-corrected chi connectivity index (χ3v) is 6.22. The van der Waals surface area contributed by atoms with E-state index in [4.69, 9.17) is 4.74 Å². The molecule has 0 aliphatic carbocycles. The van der Waals surface area contributed by atoms with Crippen LogP contribution in [0.3, 0.4) is 0 Å². The molecular formula is C26H25NO4S. The highest BCUT2D eigenvalue weighted by Crippen LogP contribution is 2.44. The largest absolute Gasteiger partial charge is 0.503 e. The highest BCUT2D eigenvalue weighted by atomic mass is 32.1. The summed E-state index contributed by atoms with van der Waals surface area (Å²) < 4.78 is 5.54. The molecular weight excluding hydrogens is 422 g/mol. The van der Waals surface area contributed by atoms with Gasteiger partial charge in [-0.1, -0.05) is 44.2 Å². The van der Waals surface area contributed by atoms with Crippen molar-refractivity contribution in [2.45, 2.75) is 26.3 Å².